The quantitative estimate of drug-likeness (QED) is 0.848. The van der Waals surface area contributed by atoms with Crippen molar-refractivity contribution >= 4 is 29.2 Å². The molecule has 0 unspecified atom stereocenters. The van der Waals surface area contributed by atoms with Crippen LogP contribution in [0.4, 0.5) is 0 Å². The molecule has 2 rings (SSSR count). The molecule has 2 aromatic carbocycles. The second-order valence-electron chi connectivity index (χ2n) is 4.45. The molecule has 98 valence electrons. The third-order valence-electron chi connectivity index (χ3n) is 2.96. The van der Waals surface area contributed by atoms with E-state index in [0.29, 0.717) is 10.0 Å². The molecule has 0 aliphatic carbocycles. The summed E-state index contributed by atoms with van der Waals surface area (Å²) < 4.78 is 0. The first-order valence-corrected chi connectivity index (χ1v) is 6.45. The lowest BCUT2D eigenvalue weighted by Crippen LogP contribution is -1.97. The topological polar surface area (TPSA) is 37.3 Å². The van der Waals surface area contributed by atoms with Gasteiger partial charge in [-0.3, -0.25) is 0 Å². The fourth-order valence-corrected chi connectivity index (χ4v) is 2.41. The van der Waals surface area contributed by atoms with Crippen LogP contribution in [-0.2, 0) is 0 Å². The normalized spacial score (nSPS) is 10.5. The van der Waals surface area contributed by atoms with E-state index >= 15 is 0 Å². The Bertz CT molecular complexity index is 663. The summed E-state index contributed by atoms with van der Waals surface area (Å²) in [5, 5.41) is 10.2. The van der Waals surface area contributed by atoms with E-state index in [9.17, 15) is 4.79 Å². The van der Waals surface area contributed by atoms with Gasteiger partial charge in [-0.1, -0.05) is 23.2 Å². The van der Waals surface area contributed by atoms with Gasteiger partial charge in [0.25, 0.3) is 0 Å². The van der Waals surface area contributed by atoms with Crippen molar-refractivity contribution in [1.82, 2.24) is 0 Å². The average molecular weight is 295 g/mol. The summed E-state index contributed by atoms with van der Waals surface area (Å²) in [4.78, 5) is 11.1. The lowest BCUT2D eigenvalue weighted by atomic mass is 9.97. The van der Waals surface area contributed by atoms with Crippen molar-refractivity contribution in [2.75, 3.05) is 0 Å². The first-order valence-electron chi connectivity index (χ1n) is 5.69. The largest absolute Gasteiger partial charge is 0.478 e. The molecule has 1 N–H and O–H groups in total. The molecule has 0 bridgehead atoms. The number of benzene rings is 2. The zero-order valence-electron chi connectivity index (χ0n) is 10.5. The first kappa shape index (κ1) is 13.9. The lowest BCUT2D eigenvalue weighted by Gasteiger charge is -2.10. The number of carboxylic acids is 1. The highest BCUT2D eigenvalue weighted by atomic mass is 35.5. The maximum atomic E-state index is 11.1. The van der Waals surface area contributed by atoms with Crippen molar-refractivity contribution in [1.29, 1.82) is 0 Å². The molecule has 0 radical (unpaired) electrons. The van der Waals surface area contributed by atoms with Gasteiger partial charge >= 0.3 is 5.97 Å². The summed E-state index contributed by atoms with van der Waals surface area (Å²) in [6, 6.07) is 8.61. The number of halogens is 2. The van der Waals surface area contributed by atoms with Gasteiger partial charge in [-0.2, -0.15) is 0 Å². The van der Waals surface area contributed by atoms with Crippen LogP contribution >= 0.6 is 23.2 Å². The molecule has 0 saturated carbocycles. The number of carboxylic acid groups (broad SMARTS) is 1. The minimum absolute atomic E-state index is 0.175. The highest BCUT2D eigenvalue weighted by molar-refractivity contribution is 6.32. The Hall–Kier alpha value is -1.51. The fourth-order valence-electron chi connectivity index (χ4n) is 1.96. The van der Waals surface area contributed by atoms with E-state index in [0.717, 1.165) is 22.3 Å². The maximum absolute atomic E-state index is 11.1. The summed E-state index contributed by atoms with van der Waals surface area (Å²) >= 11 is 12.0. The molecular formula is C15H12Cl2O2. The SMILES string of the molecule is Cc1cc(-c2cc(Cl)cc(C(=O)O)c2)c(C)cc1Cl. The van der Waals surface area contributed by atoms with Gasteiger partial charge < -0.3 is 5.11 Å². The zero-order chi connectivity index (χ0) is 14.2. The Balaban J connectivity index is 2.65. The van der Waals surface area contributed by atoms with E-state index in [1.807, 2.05) is 26.0 Å². The predicted molar refractivity (Wildman–Crippen MR) is 78.3 cm³/mol. The van der Waals surface area contributed by atoms with Gasteiger partial charge in [0.2, 0.25) is 0 Å². The van der Waals surface area contributed by atoms with Crippen molar-refractivity contribution in [3.05, 3.63) is 57.1 Å². The summed E-state index contributed by atoms with van der Waals surface area (Å²) in [7, 11) is 0. The molecule has 0 aliphatic heterocycles. The fraction of sp³-hybridized carbons (Fsp3) is 0.133. The Morgan fingerprint density at radius 1 is 1.00 bits per heavy atom. The van der Waals surface area contributed by atoms with Crippen LogP contribution < -0.4 is 0 Å². The van der Waals surface area contributed by atoms with E-state index in [-0.39, 0.29) is 5.56 Å². The van der Waals surface area contributed by atoms with Gasteiger partial charge in [-0.15, -0.1) is 0 Å². The van der Waals surface area contributed by atoms with Crippen molar-refractivity contribution in [3.8, 4) is 11.1 Å². The third kappa shape index (κ3) is 2.91. The lowest BCUT2D eigenvalue weighted by molar-refractivity contribution is 0.0697. The van der Waals surface area contributed by atoms with Crippen LogP contribution in [0.1, 0.15) is 21.5 Å². The molecule has 0 amide bonds. The van der Waals surface area contributed by atoms with Gasteiger partial charge in [0.05, 0.1) is 5.56 Å². The Morgan fingerprint density at radius 2 is 1.68 bits per heavy atom. The van der Waals surface area contributed by atoms with Gasteiger partial charge in [-0.05, 0) is 66.4 Å². The molecular weight excluding hydrogens is 283 g/mol. The number of aryl methyl sites for hydroxylation is 2. The summed E-state index contributed by atoms with van der Waals surface area (Å²) in [5.41, 5.74) is 3.82. The summed E-state index contributed by atoms with van der Waals surface area (Å²) in [6.07, 6.45) is 0. The molecule has 2 aromatic rings. The number of carbonyl (C=O) groups is 1. The number of aromatic carboxylic acids is 1. The Morgan fingerprint density at radius 3 is 2.32 bits per heavy atom. The Kier molecular flexibility index (Phi) is 3.83. The number of rotatable bonds is 2. The predicted octanol–water partition coefficient (Wildman–Crippen LogP) is 4.98. The van der Waals surface area contributed by atoms with Crippen LogP contribution in [0.15, 0.2) is 30.3 Å². The average Bonchev–Trinajstić information content (AvgIpc) is 2.33. The second-order valence-corrected chi connectivity index (χ2v) is 5.29. The molecule has 0 atom stereocenters. The van der Waals surface area contributed by atoms with Crippen LogP contribution in [-0.4, -0.2) is 11.1 Å². The molecule has 0 heterocycles. The second kappa shape index (κ2) is 5.24. The molecule has 0 spiro atoms. The van der Waals surface area contributed by atoms with Crippen LogP contribution in [0.3, 0.4) is 0 Å². The van der Waals surface area contributed by atoms with Crippen molar-refractivity contribution in [2.45, 2.75) is 13.8 Å². The zero-order valence-corrected chi connectivity index (χ0v) is 12.0. The standard InChI is InChI=1S/C15H12Cl2O2/c1-8-4-14(17)9(2)3-13(8)10-5-11(15(18)19)7-12(16)6-10/h3-7H,1-2H3,(H,18,19). The van der Waals surface area contributed by atoms with Crippen LogP contribution in [0.5, 0.6) is 0 Å². The number of hydrogen-bond donors (Lipinski definition) is 1. The van der Waals surface area contributed by atoms with E-state index in [4.69, 9.17) is 28.3 Å². The van der Waals surface area contributed by atoms with E-state index < -0.39 is 5.97 Å². The van der Waals surface area contributed by atoms with E-state index in [1.54, 1.807) is 12.1 Å². The highest BCUT2D eigenvalue weighted by Gasteiger charge is 2.10. The summed E-state index contributed by atoms with van der Waals surface area (Å²) in [6.45, 7) is 3.84. The molecule has 4 heteroatoms. The molecule has 0 saturated heterocycles. The van der Waals surface area contributed by atoms with Crippen molar-refractivity contribution in [2.24, 2.45) is 0 Å². The van der Waals surface area contributed by atoms with Crippen LogP contribution in [0.2, 0.25) is 10.0 Å². The maximum Gasteiger partial charge on any atom is 0.335 e. The van der Waals surface area contributed by atoms with Crippen LogP contribution in [0.25, 0.3) is 11.1 Å². The third-order valence-corrected chi connectivity index (χ3v) is 3.59. The monoisotopic (exact) mass is 294 g/mol. The van der Waals surface area contributed by atoms with Gasteiger partial charge in [0, 0.05) is 10.0 Å². The molecule has 2 nitrogen and oxygen atoms in total. The van der Waals surface area contributed by atoms with E-state index in [1.165, 1.54) is 6.07 Å². The minimum atomic E-state index is -0.993. The highest BCUT2D eigenvalue weighted by Crippen LogP contribution is 2.31. The summed E-state index contributed by atoms with van der Waals surface area (Å²) in [5.74, 6) is -0.993. The van der Waals surface area contributed by atoms with E-state index in [2.05, 4.69) is 0 Å². The van der Waals surface area contributed by atoms with Gasteiger partial charge in [-0.25, -0.2) is 4.79 Å². The molecule has 0 aliphatic rings. The minimum Gasteiger partial charge on any atom is -0.478 e. The smallest absolute Gasteiger partial charge is 0.335 e. The first-order chi connectivity index (χ1) is 8.88. The van der Waals surface area contributed by atoms with Gasteiger partial charge in [0.15, 0.2) is 0 Å². The van der Waals surface area contributed by atoms with Crippen LogP contribution in [0, 0.1) is 13.8 Å². The van der Waals surface area contributed by atoms with Gasteiger partial charge in [0.1, 0.15) is 0 Å². The molecule has 0 fully saturated rings. The van der Waals surface area contributed by atoms with Crippen molar-refractivity contribution in [3.63, 3.8) is 0 Å². The molecule has 19 heavy (non-hydrogen) atoms. The Labute approximate surface area is 121 Å². The molecule has 0 aromatic heterocycles. The van der Waals surface area contributed by atoms with Crippen molar-refractivity contribution < 1.29 is 9.90 Å². The number of hydrogen-bond acceptors (Lipinski definition) is 1.